The average molecular weight is 408 g/mol. The SMILES string of the molecule is COc1c(Br)cc(Br)c2nc(C(C)(C)C)cc(Cl)c12. The van der Waals surface area contributed by atoms with E-state index in [9.17, 15) is 0 Å². The Kier molecular flexibility index (Phi) is 4.15. The summed E-state index contributed by atoms with van der Waals surface area (Å²) < 4.78 is 7.17. The van der Waals surface area contributed by atoms with Crippen molar-refractivity contribution in [3.05, 3.63) is 31.8 Å². The lowest BCUT2D eigenvalue weighted by molar-refractivity contribution is 0.417. The Morgan fingerprint density at radius 2 is 1.79 bits per heavy atom. The molecule has 19 heavy (non-hydrogen) atoms. The number of halogens is 3. The van der Waals surface area contributed by atoms with Crippen LogP contribution in [-0.2, 0) is 5.41 Å². The Labute approximate surface area is 134 Å². The number of rotatable bonds is 1. The highest BCUT2D eigenvalue weighted by molar-refractivity contribution is 9.11. The molecule has 0 N–H and O–H groups in total. The smallest absolute Gasteiger partial charge is 0.144 e. The largest absolute Gasteiger partial charge is 0.495 e. The van der Waals surface area contributed by atoms with Crippen molar-refractivity contribution in [1.29, 1.82) is 0 Å². The van der Waals surface area contributed by atoms with E-state index in [2.05, 4.69) is 52.6 Å². The van der Waals surface area contributed by atoms with Gasteiger partial charge in [-0.2, -0.15) is 0 Å². The van der Waals surface area contributed by atoms with Crippen LogP contribution in [0.15, 0.2) is 21.1 Å². The number of nitrogens with zero attached hydrogens (tertiary/aromatic N) is 1. The van der Waals surface area contributed by atoms with Crippen molar-refractivity contribution in [1.82, 2.24) is 4.98 Å². The molecule has 0 radical (unpaired) electrons. The molecule has 0 saturated carbocycles. The van der Waals surface area contributed by atoms with Crippen molar-refractivity contribution >= 4 is 54.4 Å². The number of aromatic nitrogens is 1. The summed E-state index contributed by atoms with van der Waals surface area (Å²) in [6, 6.07) is 3.84. The summed E-state index contributed by atoms with van der Waals surface area (Å²) in [6.07, 6.45) is 0. The summed E-state index contributed by atoms with van der Waals surface area (Å²) in [7, 11) is 1.63. The third-order valence-electron chi connectivity index (χ3n) is 2.87. The molecular formula is C14H14Br2ClNO. The van der Waals surface area contributed by atoms with Crippen molar-refractivity contribution < 1.29 is 4.74 Å². The van der Waals surface area contributed by atoms with Gasteiger partial charge in [-0.25, -0.2) is 0 Å². The predicted molar refractivity (Wildman–Crippen MR) is 87.4 cm³/mol. The highest BCUT2D eigenvalue weighted by atomic mass is 79.9. The number of hydrogen-bond acceptors (Lipinski definition) is 2. The molecule has 102 valence electrons. The Morgan fingerprint density at radius 1 is 1.16 bits per heavy atom. The fraction of sp³-hybridized carbons (Fsp3) is 0.357. The van der Waals surface area contributed by atoms with E-state index in [0.717, 1.165) is 25.5 Å². The van der Waals surface area contributed by atoms with Gasteiger partial charge in [0.15, 0.2) is 0 Å². The minimum Gasteiger partial charge on any atom is -0.495 e. The van der Waals surface area contributed by atoms with E-state index in [-0.39, 0.29) is 5.41 Å². The molecule has 0 amide bonds. The predicted octanol–water partition coefficient (Wildman–Crippen LogP) is 5.72. The van der Waals surface area contributed by atoms with Crippen molar-refractivity contribution in [2.24, 2.45) is 0 Å². The van der Waals surface area contributed by atoms with E-state index < -0.39 is 0 Å². The summed E-state index contributed by atoms with van der Waals surface area (Å²) in [5.41, 5.74) is 1.71. The van der Waals surface area contributed by atoms with Crippen molar-refractivity contribution in [2.45, 2.75) is 26.2 Å². The van der Waals surface area contributed by atoms with E-state index in [0.29, 0.717) is 10.8 Å². The van der Waals surface area contributed by atoms with Gasteiger partial charge in [0, 0.05) is 15.6 Å². The van der Waals surface area contributed by atoms with Crippen molar-refractivity contribution in [3.8, 4) is 5.75 Å². The lowest BCUT2D eigenvalue weighted by Crippen LogP contribution is -2.13. The van der Waals surface area contributed by atoms with E-state index in [1.807, 2.05) is 12.1 Å². The van der Waals surface area contributed by atoms with Crippen LogP contribution in [0.3, 0.4) is 0 Å². The van der Waals surface area contributed by atoms with Crippen LogP contribution >= 0.6 is 43.5 Å². The first-order valence-electron chi connectivity index (χ1n) is 5.78. The molecule has 0 saturated heterocycles. The fourth-order valence-electron chi connectivity index (χ4n) is 1.85. The zero-order chi connectivity index (χ0) is 14.4. The van der Waals surface area contributed by atoms with Crippen LogP contribution in [0.1, 0.15) is 26.5 Å². The highest BCUT2D eigenvalue weighted by Gasteiger charge is 2.21. The normalized spacial score (nSPS) is 11.9. The second kappa shape index (κ2) is 5.23. The molecule has 0 bridgehead atoms. The van der Waals surface area contributed by atoms with Gasteiger partial charge < -0.3 is 4.74 Å². The lowest BCUT2D eigenvalue weighted by Gasteiger charge is -2.20. The first kappa shape index (κ1) is 15.1. The first-order valence-corrected chi connectivity index (χ1v) is 7.75. The number of benzene rings is 1. The van der Waals surface area contributed by atoms with Gasteiger partial charge in [-0.3, -0.25) is 4.98 Å². The number of fused-ring (bicyclic) bond motifs is 1. The molecular weight excluding hydrogens is 393 g/mol. The number of methoxy groups -OCH3 is 1. The molecule has 5 heteroatoms. The van der Waals surface area contributed by atoms with Crippen LogP contribution in [0.2, 0.25) is 5.02 Å². The number of hydrogen-bond donors (Lipinski definition) is 0. The van der Waals surface area contributed by atoms with Crippen LogP contribution in [-0.4, -0.2) is 12.1 Å². The summed E-state index contributed by atoms with van der Waals surface area (Å²) in [4.78, 5) is 4.72. The molecule has 0 aliphatic carbocycles. The average Bonchev–Trinajstić information content (AvgIpc) is 2.29. The summed E-state index contributed by atoms with van der Waals surface area (Å²) in [5.74, 6) is 0.705. The maximum Gasteiger partial charge on any atom is 0.144 e. The first-order chi connectivity index (χ1) is 8.75. The third-order valence-corrected chi connectivity index (χ3v) is 4.36. The quantitative estimate of drug-likeness (QED) is 0.603. The van der Waals surface area contributed by atoms with Gasteiger partial charge >= 0.3 is 0 Å². The maximum atomic E-state index is 6.43. The molecule has 0 unspecified atom stereocenters. The molecule has 0 aliphatic heterocycles. The fourth-order valence-corrected chi connectivity index (χ4v) is 3.54. The number of ether oxygens (including phenoxy) is 1. The maximum absolute atomic E-state index is 6.43. The van der Waals surface area contributed by atoms with Crippen molar-refractivity contribution in [3.63, 3.8) is 0 Å². The summed E-state index contributed by atoms with van der Waals surface area (Å²) in [5, 5.41) is 1.46. The molecule has 0 atom stereocenters. The zero-order valence-electron chi connectivity index (χ0n) is 11.1. The molecule has 1 aromatic carbocycles. The molecule has 0 spiro atoms. The molecule has 1 aromatic heterocycles. The highest BCUT2D eigenvalue weighted by Crippen LogP contribution is 2.42. The summed E-state index contributed by atoms with van der Waals surface area (Å²) >= 11 is 13.5. The van der Waals surface area contributed by atoms with Gasteiger partial charge in [0.25, 0.3) is 0 Å². The van der Waals surface area contributed by atoms with Gasteiger partial charge in [0.1, 0.15) is 5.75 Å². The van der Waals surface area contributed by atoms with Crippen LogP contribution in [0.4, 0.5) is 0 Å². The molecule has 2 rings (SSSR count). The Balaban J connectivity index is 2.91. The number of pyridine rings is 1. The Hall–Kier alpha value is -0.320. The van der Waals surface area contributed by atoms with E-state index in [4.69, 9.17) is 21.3 Å². The molecule has 2 nitrogen and oxygen atoms in total. The van der Waals surface area contributed by atoms with E-state index in [1.54, 1.807) is 7.11 Å². The Morgan fingerprint density at radius 3 is 2.32 bits per heavy atom. The standard InChI is InChI=1S/C14H14Br2ClNO/c1-14(2,3)10-6-9(17)11-12(18-10)7(15)5-8(16)13(11)19-4/h5-6H,1-4H3. The lowest BCUT2D eigenvalue weighted by atomic mass is 9.91. The van der Waals surface area contributed by atoms with Crippen LogP contribution in [0, 0.1) is 0 Å². The minimum absolute atomic E-state index is 0.0580. The summed E-state index contributed by atoms with van der Waals surface area (Å²) in [6.45, 7) is 6.34. The van der Waals surface area contributed by atoms with Gasteiger partial charge in [-0.1, -0.05) is 32.4 Å². The van der Waals surface area contributed by atoms with Crippen LogP contribution in [0.25, 0.3) is 10.9 Å². The third kappa shape index (κ3) is 2.76. The molecule has 0 aliphatic rings. The van der Waals surface area contributed by atoms with Gasteiger partial charge in [0.2, 0.25) is 0 Å². The molecule has 2 aromatic rings. The zero-order valence-corrected chi connectivity index (χ0v) is 15.1. The van der Waals surface area contributed by atoms with Gasteiger partial charge in [0.05, 0.1) is 27.5 Å². The van der Waals surface area contributed by atoms with Crippen LogP contribution in [0.5, 0.6) is 5.75 Å². The van der Waals surface area contributed by atoms with Crippen molar-refractivity contribution in [2.75, 3.05) is 7.11 Å². The molecule has 1 heterocycles. The second-order valence-corrected chi connectivity index (χ2v) is 7.45. The second-order valence-electron chi connectivity index (χ2n) is 5.34. The monoisotopic (exact) mass is 405 g/mol. The topological polar surface area (TPSA) is 22.1 Å². The van der Waals surface area contributed by atoms with Gasteiger partial charge in [-0.15, -0.1) is 0 Å². The molecule has 0 fully saturated rings. The van der Waals surface area contributed by atoms with E-state index in [1.165, 1.54) is 0 Å². The minimum atomic E-state index is -0.0580. The Bertz CT molecular complexity index is 650. The van der Waals surface area contributed by atoms with Crippen LogP contribution < -0.4 is 4.74 Å². The van der Waals surface area contributed by atoms with Gasteiger partial charge in [-0.05, 0) is 44.0 Å². The van der Waals surface area contributed by atoms with E-state index >= 15 is 0 Å².